The van der Waals surface area contributed by atoms with Crippen LogP contribution in [0.3, 0.4) is 0 Å². The largest absolute Gasteiger partial charge is 0.337 e. The van der Waals surface area contributed by atoms with E-state index in [1.165, 1.54) is 6.07 Å². The molecular formula is C24H19ClFN3O2. The number of carbonyl (C=O) groups is 1. The van der Waals surface area contributed by atoms with Gasteiger partial charge in [-0.25, -0.2) is 4.39 Å². The molecule has 5 nitrogen and oxygen atoms in total. The van der Waals surface area contributed by atoms with Crippen LogP contribution >= 0.6 is 11.6 Å². The van der Waals surface area contributed by atoms with Crippen LogP contribution in [-0.4, -0.2) is 16.0 Å². The Kier molecular flexibility index (Phi) is 6.09. The molecule has 2 aromatic heterocycles. The van der Waals surface area contributed by atoms with Gasteiger partial charge in [-0.05, 0) is 54.8 Å². The normalized spacial score (nSPS) is 10.8. The van der Waals surface area contributed by atoms with Gasteiger partial charge in [0.15, 0.2) is 0 Å². The Balaban J connectivity index is 1.65. The van der Waals surface area contributed by atoms with E-state index in [9.17, 15) is 9.18 Å². The van der Waals surface area contributed by atoms with Crippen LogP contribution in [0.15, 0.2) is 71.5 Å². The highest BCUT2D eigenvalue weighted by atomic mass is 35.5. The van der Waals surface area contributed by atoms with E-state index >= 15 is 0 Å². The molecule has 0 saturated carbocycles. The molecule has 1 amide bonds. The molecule has 0 bridgehead atoms. The van der Waals surface area contributed by atoms with E-state index in [0.29, 0.717) is 33.8 Å². The summed E-state index contributed by atoms with van der Waals surface area (Å²) in [6, 6.07) is 15.7. The lowest BCUT2D eigenvalue weighted by atomic mass is 10.00. The number of benzene rings is 2. The van der Waals surface area contributed by atoms with Crippen LogP contribution in [0.25, 0.3) is 22.4 Å². The molecule has 0 fully saturated rings. The topological polar surface area (TPSA) is 68.0 Å². The summed E-state index contributed by atoms with van der Waals surface area (Å²) in [5.41, 5.74) is 3.58. The quantitative estimate of drug-likeness (QED) is 0.398. The molecule has 4 rings (SSSR count). The summed E-state index contributed by atoms with van der Waals surface area (Å²) >= 11 is 6.17. The van der Waals surface area contributed by atoms with Crippen molar-refractivity contribution < 1.29 is 13.7 Å². The average molecular weight is 436 g/mol. The fourth-order valence-electron chi connectivity index (χ4n) is 3.30. The zero-order valence-electron chi connectivity index (χ0n) is 16.7. The van der Waals surface area contributed by atoms with Crippen molar-refractivity contribution in [3.8, 4) is 22.4 Å². The molecule has 2 aromatic carbocycles. The molecule has 0 spiro atoms. The Morgan fingerprint density at radius 2 is 1.90 bits per heavy atom. The third-order valence-electron chi connectivity index (χ3n) is 4.87. The lowest BCUT2D eigenvalue weighted by molar-refractivity contribution is -0.116. The number of hydrogen-bond acceptors (Lipinski definition) is 4. The second-order valence-corrected chi connectivity index (χ2v) is 7.50. The maximum atomic E-state index is 14.6. The zero-order valence-corrected chi connectivity index (χ0v) is 17.5. The van der Waals surface area contributed by atoms with Crippen LogP contribution in [0.2, 0.25) is 5.02 Å². The van der Waals surface area contributed by atoms with Crippen molar-refractivity contribution in [2.75, 3.05) is 5.32 Å². The van der Waals surface area contributed by atoms with Gasteiger partial charge in [0.2, 0.25) is 11.8 Å². The highest BCUT2D eigenvalue weighted by Crippen LogP contribution is 2.38. The number of rotatable bonds is 6. The first kappa shape index (κ1) is 20.8. The first-order valence-electron chi connectivity index (χ1n) is 9.73. The van der Waals surface area contributed by atoms with E-state index < -0.39 is 5.82 Å². The second-order valence-electron chi connectivity index (χ2n) is 7.09. The van der Waals surface area contributed by atoms with Crippen molar-refractivity contribution in [3.63, 3.8) is 0 Å². The van der Waals surface area contributed by atoms with Gasteiger partial charge in [0.05, 0.1) is 5.56 Å². The molecule has 0 radical (unpaired) electrons. The first-order chi connectivity index (χ1) is 15.0. The molecule has 0 unspecified atom stereocenters. The summed E-state index contributed by atoms with van der Waals surface area (Å²) in [6.07, 6.45) is 3.90. The molecule has 156 valence electrons. The van der Waals surface area contributed by atoms with Crippen molar-refractivity contribution in [2.45, 2.75) is 19.8 Å². The third kappa shape index (κ3) is 4.64. The predicted octanol–water partition coefficient (Wildman–Crippen LogP) is 6.08. The van der Waals surface area contributed by atoms with Crippen LogP contribution in [-0.2, 0) is 11.2 Å². The number of nitrogens with one attached hydrogen (secondary N) is 1. The molecule has 2 heterocycles. The molecular weight excluding hydrogens is 417 g/mol. The number of carbonyl (C=O) groups excluding carboxylic acids is 1. The lowest BCUT2D eigenvalue weighted by Gasteiger charge is -2.08. The van der Waals surface area contributed by atoms with Gasteiger partial charge in [-0.2, -0.15) is 0 Å². The molecule has 0 aliphatic heterocycles. The number of halogens is 2. The van der Waals surface area contributed by atoms with Gasteiger partial charge < -0.3 is 4.52 Å². The first-order valence-corrected chi connectivity index (χ1v) is 10.1. The van der Waals surface area contributed by atoms with Crippen molar-refractivity contribution in [3.05, 3.63) is 89.0 Å². The molecule has 7 heteroatoms. The predicted molar refractivity (Wildman–Crippen MR) is 118 cm³/mol. The molecule has 0 atom stereocenters. The summed E-state index contributed by atoms with van der Waals surface area (Å²) in [5.74, 6) is -0.528. The van der Waals surface area contributed by atoms with Gasteiger partial charge in [-0.1, -0.05) is 46.6 Å². The lowest BCUT2D eigenvalue weighted by Crippen LogP contribution is -2.12. The minimum absolute atomic E-state index is 0.159. The highest BCUT2D eigenvalue weighted by Gasteiger charge is 2.23. The van der Waals surface area contributed by atoms with E-state index in [0.717, 1.165) is 11.1 Å². The van der Waals surface area contributed by atoms with Gasteiger partial charge in [0, 0.05) is 29.4 Å². The van der Waals surface area contributed by atoms with Gasteiger partial charge in [0.1, 0.15) is 11.5 Å². The monoisotopic (exact) mass is 435 g/mol. The maximum absolute atomic E-state index is 14.6. The maximum Gasteiger partial charge on any atom is 0.239 e. The number of anilines is 1. The smallest absolute Gasteiger partial charge is 0.239 e. The molecule has 4 aromatic rings. The van der Waals surface area contributed by atoms with Gasteiger partial charge in [-0.15, -0.1) is 0 Å². The number of pyridine rings is 1. The standard InChI is InChI=1S/C24H19ClFN3O2/c1-15-6-8-20(26)18(14-15)23-22(17-10-12-27-13-11-17)24(31-29-23)28-21(30)9-7-16-4-2-3-5-19(16)25/h2-6,8,10-14H,7,9H2,1H3,(H,28,30). The summed E-state index contributed by atoms with van der Waals surface area (Å²) < 4.78 is 20.0. The van der Waals surface area contributed by atoms with Gasteiger partial charge in [0.25, 0.3) is 0 Å². The SMILES string of the molecule is Cc1ccc(F)c(-c2noc(NC(=O)CCc3ccccc3Cl)c2-c2ccncc2)c1. The Morgan fingerprint density at radius 3 is 2.68 bits per heavy atom. The van der Waals surface area contributed by atoms with Gasteiger partial charge in [-0.3, -0.25) is 15.1 Å². The van der Waals surface area contributed by atoms with Crippen LogP contribution in [0.1, 0.15) is 17.5 Å². The Hall–Kier alpha value is -3.51. The number of amides is 1. The second kappa shape index (κ2) is 9.10. The van der Waals surface area contributed by atoms with Crippen LogP contribution in [0.5, 0.6) is 0 Å². The van der Waals surface area contributed by atoms with E-state index in [1.54, 1.807) is 42.7 Å². The molecule has 1 N–H and O–H groups in total. The average Bonchev–Trinajstić information content (AvgIpc) is 3.18. The van der Waals surface area contributed by atoms with Crippen molar-refractivity contribution in [2.24, 2.45) is 0 Å². The molecule has 31 heavy (non-hydrogen) atoms. The van der Waals surface area contributed by atoms with Crippen LogP contribution in [0, 0.1) is 12.7 Å². The number of aryl methyl sites for hydroxylation is 2. The van der Waals surface area contributed by atoms with Crippen LogP contribution in [0.4, 0.5) is 10.3 Å². The van der Waals surface area contributed by atoms with E-state index in [4.69, 9.17) is 16.1 Å². The number of nitrogens with zero attached hydrogens (tertiary/aromatic N) is 2. The number of aromatic nitrogens is 2. The highest BCUT2D eigenvalue weighted by molar-refractivity contribution is 6.31. The summed E-state index contributed by atoms with van der Waals surface area (Å²) in [6.45, 7) is 1.87. The molecule has 0 saturated heterocycles. The Morgan fingerprint density at radius 1 is 1.13 bits per heavy atom. The summed E-state index contributed by atoms with van der Waals surface area (Å²) in [7, 11) is 0. The fourth-order valence-corrected chi connectivity index (χ4v) is 3.53. The minimum Gasteiger partial charge on any atom is -0.337 e. The minimum atomic E-state index is -0.425. The third-order valence-corrected chi connectivity index (χ3v) is 5.24. The van der Waals surface area contributed by atoms with E-state index in [-0.39, 0.29) is 18.2 Å². The van der Waals surface area contributed by atoms with E-state index in [1.807, 2.05) is 25.1 Å². The van der Waals surface area contributed by atoms with Crippen molar-refractivity contribution in [1.82, 2.24) is 10.1 Å². The van der Waals surface area contributed by atoms with Crippen LogP contribution < -0.4 is 5.32 Å². The van der Waals surface area contributed by atoms with E-state index in [2.05, 4.69) is 15.5 Å². The van der Waals surface area contributed by atoms with Crippen molar-refractivity contribution >= 4 is 23.4 Å². The van der Waals surface area contributed by atoms with Crippen molar-refractivity contribution in [1.29, 1.82) is 0 Å². The fraction of sp³-hybridized carbons (Fsp3) is 0.125. The molecule has 0 aliphatic rings. The number of hydrogen-bond donors (Lipinski definition) is 1. The summed E-state index contributed by atoms with van der Waals surface area (Å²) in [4.78, 5) is 16.6. The van der Waals surface area contributed by atoms with Gasteiger partial charge >= 0.3 is 0 Å². The zero-order chi connectivity index (χ0) is 21.8. The molecule has 0 aliphatic carbocycles. The summed E-state index contributed by atoms with van der Waals surface area (Å²) in [5, 5.41) is 7.46. The Bertz CT molecular complexity index is 1220. The Labute approximate surface area is 183 Å².